The molecule has 3 aromatic heterocycles. The average molecular weight is 306 g/mol. The van der Waals surface area contributed by atoms with Crippen molar-refractivity contribution in [2.24, 2.45) is 7.05 Å². The molecule has 0 unspecified atom stereocenters. The zero-order chi connectivity index (χ0) is 14.8. The highest BCUT2D eigenvalue weighted by molar-refractivity contribution is 7.15. The molecule has 21 heavy (non-hydrogen) atoms. The van der Waals surface area contributed by atoms with Gasteiger partial charge in [0.05, 0.1) is 6.20 Å². The zero-order valence-corrected chi connectivity index (χ0v) is 12.5. The van der Waals surface area contributed by atoms with Crippen molar-refractivity contribution in [3.8, 4) is 0 Å². The second-order valence-corrected chi connectivity index (χ2v) is 5.55. The summed E-state index contributed by atoms with van der Waals surface area (Å²) in [5.74, 6) is 0. The molecule has 3 aromatic rings. The minimum absolute atomic E-state index is 0.230. The Bertz CT molecular complexity index is 819. The Morgan fingerprint density at radius 3 is 3.00 bits per heavy atom. The second kappa shape index (κ2) is 5.56. The number of aromatic nitrogens is 7. The van der Waals surface area contributed by atoms with Crippen molar-refractivity contribution in [1.82, 2.24) is 35.0 Å². The van der Waals surface area contributed by atoms with Gasteiger partial charge in [-0.15, -0.1) is 15.3 Å². The predicted octanol–water partition coefficient (Wildman–Crippen LogP) is 0.247. The van der Waals surface area contributed by atoms with Gasteiger partial charge in [0.25, 0.3) is 5.56 Å². The maximum Gasteiger partial charge on any atom is 0.281 e. The van der Waals surface area contributed by atoms with Crippen LogP contribution in [0.4, 0.5) is 5.13 Å². The van der Waals surface area contributed by atoms with E-state index in [4.69, 9.17) is 0 Å². The van der Waals surface area contributed by atoms with Crippen molar-refractivity contribution in [3.63, 3.8) is 0 Å². The van der Waals surface area contributed by atoms with Gasteiger partial charge in [0, 0.05) is 13.6 Å². The van der Waals surface area contributed by atoms with E-state index in [2.05, 4.69) is 37.8 Å². The lowest BCUT2D eigenvalue weighted by Crippen LogP contribution is -2.24. The summed E-state index contributed by atoms with van der Waals surface area (Å²) in [5, 5.41) is 25.1. The Kier molecular flexibility index (Phi) is 3.60. The van der Waals surface area contributed by atoms with Crippen LogP contribution in [0.3, 0.4) is 0 Å². The summed E-state index contributed by atoms with van der Waals surface area (Å²) < 4.78 is 2.79. The van der Waals surface area contributed by atoms with Crippen LogP contribution in [-0.2, 0) is 13.6 Å². The van der Waals surface area contributed by atoms with E-state index in [0.29, 0.717) is 16.0 Å². The summed E-state index contributed by atoms with van der Waals surface area (Å²) in [4.78, 5) is 12.3. The maximum absolute atomic E-state index is 12.3. The van der Waals surface area contributed by atoms with Gasteiger partial charge in [0.2, 0.25) is 5.13 Å². The number of anilines is 1. The van der Waals surface area contributed by atoms with Gasteiger partial charge in [-0.2, -0.15) is 5.10 Å². The van der Waals surface area contributed by atoms with Crippen molar-refractivity contribution in [1.29, 1.82) is 0 Å². The van der Waals surface area contributed by atoms with E-state index in [1.54, 1.807) is 7.05 Å². The number of fused-ring (bicyclic) bond motifs is 1. The highest BCUT2D eigenvalue weighted by Gasteiger charge is 2.11. The highest BCUT2D eigenvalue weighted by Crippen LogP contribution is 2.15. The lowest BCUT2D eigenvalue weighted by Gasteiger charge is -2.00. The monoisotopic (exact) mass is 306 g/mol. The largest absolute Gasteiger partial charge is 0.360 e. The molecule has 0 bridgehead atoms. The molecule has 0 aliphatic rings. The molecule has 10 heteroatoms. The lowest BCUT2D eigenvalue weighted by atomic mass is 10.4. The van der Waals surface area contributed by atoms with Crippen LogP contribution in [0.25, 0.3) is 11.0 Å². The van der Waals surface area contributed by atoms with E-state index in [-0.39, 0.29) is 12.1 Å². The van der Waals surface area contributed by atoms with Crippen LogP contribution in [0.5, 0.6) is 0 Å². The Labute approximate surface area is 123 Å². The molecule has 0 saturated heterocycles. The van der Waals surface area contributed by atoms with Gasteiger partial charge in [0.1, 0.15) is 16.9 Å². The molecular formula is C11H14N8OS. The van der Waals surface area contributed by atoms with Crippen LogP contribution in [0.1, 0.15) is 18.4 Å². The van der Waals surface area contributed by atoms with E-state index in [0.717, 1.165) is 18.1 Å². The van der Waals surface area contributed by atoms with Gasteiger partial charge in [0.15, 0.2) is 5.65 Å². The summed E-state index contributed by atoms with van der Waals surface area (Å²) in [6.07, 6.45) is 2.51. The van der Waals surface area contributed by atoms with Crippen LogP contribution in [0.15, 0.2) is 11.0 Å². The third kappa shape index (κ3) is 2.61. The lowest BCUT2D eigenvalue weighted by molar-refractivity contribution is 0.590. The molecule has 0 atom stereocenters. The molecule has 0 radical (unpaired) electrons. The van der Waals surface area contributed by atoms with E-state index >= 15 is 0 Å². The first kappa shape index (κ1) is 13.6. The molecule has 0 aromatic carbocycles. The molecule has 0 saturated carbocycles. The van der Waals surface area contributed by atoms with Gasteiger partial charge in [-0.1, -0.05) is 23.5 Å². The molecule has 0 amide bonds. The van der Waals surface area contributed by atoms with Crippen molar-refractivity contribution < 1.29 is 0 Å². The summed E-state index contributed by atoms with van der Waals surface area (Å²) in [6, 6.07) is 0. The quantitative estimate of drug-likeness (QED) is 0.720. The zero-order valence-electron chi connectivity index (χ0n) is 11.6. The molecule has 0 aliphatic carbocycles. The summed E-state index contributed by atoms with van der Waals surface area (Å²) in [6.45, 7) is 3.17. The normalized spacial score (nSPS) is 11.1. The third-order valence-corrected chi connectivity index (χ3v) is 3.76. The van der Waals surface area contributed by atoms with Crippen LogP contribution in [0.2, 0.25) is 0 Å². The molecule has 1 N–H and O–H groups in total. The van der Waals surface area contributed by atoms with Crippen LogP contribution in [-0.4, -0.2) is 41.5 Å². The van der Waals surface area contributed by atoms with Gasteiger partial charge >= 0.3 is 0 Å². The fraction of sp³-hybridized carbons (Fsp3) is 0.455. The standard InChI is InChI=1S/C11H14N8OS/c1-3-4-12-11-16-14-8(21-11)6-19-10(20)7-5-13-18(2)9(7)15-17-19/h5H,3-4,6H2,1-2H3,(H,12,16). The highest BCUT2D eigenvalue weighted by atomic mass is 32.1. The number of hydrogen-bond donors (Lipinski definition) is 1. The van der Waals surface area contributed by atoms with E-state index in [1.807, 2.05) is 0 Å². The molecule has 3 rings (SSSR count). The number of nitrogens with zero attached hydrogens (tertiary/aromatic N) is 7. The van der Waals surface area contributed by atoms with E-state index in [9.17, 15) is 4.79 Å². The molecule has 9 nitrogen and oxygen atoms in total. The van der Waals surface area contributed by atoms with Crippen molar-refractivity contribution in [2.45, 2.75) is 19.9 Å². The van der Waals surface area contributed by atoms with Gasteiger partial charge in [-0.3, -0.25) is 4.79 Å². The minimum atomic E-state index is -0.230. The Morgan fingerprint density at radius 2 is 2.19 bits per heavy atom. The SMILES string of the molecule is CCCNc1nnc(Cn2nnc3c(cnn3C)c2=O)s1. The number of rotatable bonds is 5. The molecule has 3 heterocycles. The minimum Gasteiger partial charge on any atom is -0.360 e. The molecule has 110 valence electrons. The van der Waals surface area contributed by atoms with Crippen molar-refractivity contribution in [2.75, 3.05) is 11.9 Å². The topological polar surface area (TPSA) is 103 Å². The molecular weight excluding hydrogens is 292 g/mol. The maximum atomic E-state index is 12.3. The van der Waals surface area contributed by atoms with Gasteiger partial charge in [-0.05, 0) is 6.42 Å². The molecule has 0 spiro atoms. The Morgan fingerprint density at radius 1 is 1.33 bits per heavy atom. The fourth-order valence-corrected chi connectivity index (χ4v) is 2.58. The predicted molar refractivity (Wildman–Crippen MR) is 78.4 cm³/mol. The smallest absolute Gasteiger partial charge is 0.281 e. The Hall–Kier alpha value is -2.36. The fourth-order valence-electron chi connectivity index (χ4n) is 1.83. The summed E-state index contributed by atoms with van der Waals surface area (Å²) in [5.41, 5.74) is 0.241. The second-order valence-electron chi connectivity index (χ2n) is 4.49. The molecule has 0 fully saturated rings. The van der Waals surface area contributed by atoms with Crippen molar-refractivity contribution in [3.05, 3.63) is 21.6 Å². The first-order chi connectivity index (χ1) is 10.2. The van der Waals surface area contributed by atoms with E-state index < -0.39 is 0 Å². The number of hydrogen-bond acceptors (Lipinski definition) is 8. The molecule has 0 aliphatic heterocycles. The van der Waals surface area contributed by atoms with Crippen LogP contribution >= 0.6 is 11.3 Å². The van der Waals surface area contributed by atoms with Gasteiger partial charge < -0.3 is 5.32 Å². The third-order valence-electron chi connectivity index (χ3n) is 2.90. The van der Waals surface area contributed by atoms with Crippen LogP contribution in [0, 0.1) is 0 Å². The number of aryl methyl sites for hydroxylation is 1. The number of nitrogens with one attached hydrogen (secondary N) is 1. The van der Waals surface area contributed by atoms with Gasteiger partial charge in [-0.25, -0.2) is 9.36 Å². The average Bonchev–Trinajstić information content (AvgIpc) is 3.07. The summed E-state index contributed by atoms with van der Waals surface area (Å²) >= 11 is 1.41. The summed E-state index contributed by atoms with van der Waals surface area (Å²) in [7, 11) is 1.72. The van der Waals surface area contributed by atoms with E-state index in [1.165, 1.54) is 26.9 Å². The first-order valence-corrected chi connectivity index (χ1v) is 7.32. The van der Waals surface area contributed by atoms with Crippen molar-refractivity contribution >= 4 is 27.5 Å². The first-order valence-electron chi connectivity index (χ1n) is 6.50. The Balaban J connectivity index is 1.86. The van der Waals surface area contributed by atoms with Crippen LogP contribution < -0.4 is 10.9 Å².